The lowest BCUT2D eigenvalue weighted by Crippen LogP contribution is -2.48. The van der Waals surface area contributed by atoms with Gasteiger partial charge in [0.25, 0.3) is 0 Å². The maximum absolute atomic E-state index is 3.76. The third-order valence-electron chi connectivity index (χ3n) is 4.40. The van der Waals surface area contributed by atoms with Gasteiger partial charge in [-0.15, -0.1) is 0 Å². The van der Waals surface area contributed by atoms with Gasteiger partial charge in [-0.2, -0.15) is 0 Å². The summed E-state index contributed by atoms with van der Waals surface area (Å²) in [7, 11) is 0. The second kappa shape index (κ2) is 3.89. The average molecular weight is 215 g/mol. The molecule has 2 saturated carbocycles. The fraction of sp³-hybridized carbons (Fsp3) is 0.600. The molecule has 0 bridgehead atoms. The van der Waals surface area contributed by atoms with Crippen molar-refractivity contribution in [1.29, 1.82) is 0 Å². The Morgan fingerprint density at radius 3 is 2.62 bits per heavy atom. The van der Waals surface area contributed by atoms with Crippen molar-refractivity contribution in [2.75, 3.05) is 6.54 Å². The molecule has 1 aromatic carbocycles. The van der Waals surface area contributed by atoms with Crippen LogP contribution in [0.5, 0.6) is 0 Å². The lowest BCUT2D eigenvalue weighted by Gasteiger charge is -2.39. The summed E-state index contributed by atoms with van der Waals surface area (Å²) in [5, 5.41) is 3.76. The van der Waals surface area contributed by atoms with Crippen LogP contribution in [0.4, 0.5) is 0 Å². The van der Waals surface area contributed by atoms with Crippen molar-refractivity contribution in [3.8, 4) is 0 Å². The van der Waals surface area contributed by atoms with Crippen LogP contribution in [0, 0.1) is 5.92 Å². The Bertz CT molecular complexity index is 353. The molecule has 2 fully saturated rings. The van der Waals surface area contributed by atoms with E-state index in [9.17, 15) is 0 Å². The SMILES string of the molecule is CC1(NCC2CC2c2ccccc2)CCC1. The fourth-order valence-electron chi connectivity index (χ4n) is 2.84. The molecular weight excluding hydrogens is 194 g/mol. The first-order valence-corrected chi connectivity index (χ1v) is 6.57. The van der Waals surface area contributed by atoms with Crippen LogP contribution in [0.15, 0.2) is 30.3 Å². The van der Waals surface area contributed by atoms with Crippen LogP contribution >= 0.6 is 0 Å². The number of hydrogen-bond donors (Lipinski definition) is 1. The summed E-state index contributed by atoms with van der Waals surface area (Å²) in [6.45, 7) is 3.59. The standard InChI is InChI=1S/C15H21N/c1-15(8-5-9-15)16-11-13-10-14(13)12-6-3-2-4-7-12/h2-4,6-7,13-14,16H,5,8-11H2,1H3. The minimum absolute atomic E-state index is 0.476. The monoisotopic (exact) mass is 215 g/mol. The Balaban J connectivity index is 1.49. The first-order chi connectivity index (χ1) is 7.77. The normalized spacial score (nSPS) is 30.8. The van der Waals surface area contributed by atoms with E-state index >= 15 is 0 Å². The van der Waals surface area contributed by atoms with E-state index in [0.717, 1.165) is 11.8 Å². The van der Waals surface area contributed by atoms with E-state index in [1.54, 1.807) is 0 Å². The fourth-order valence-corrected chi connectivity index (χ4v) is 2.84. The highest BCUT2D eigenvalue weighted by molar-refractivity contribution is 5.25. The molecule has 0 spiro atoms. The number of rotatable bonds is 4. The van der Waals surface area contributed by atoms with E-state index in [1.165, 1.54) is 37.8 Å². The third-order valence-corrected chi connectivity index (χ3v) is 4.40. The minimum atomic E-state index is 0.476. The Morgan fingerprint density at radius 2 is 2.00 bits per heavy atom. The molecule has 0 amide bonds. The van der Waals surface area contributed by atoms with Crippen molar-refractivity contribution < 1.29 is 0 Å². The zero-order valence-corrected chi connectivity index (χ0v) is 10.1. The van der Waals surface area contributed by atoms with Gasteiger partial charge in [0.15, 0.2) is 0 Å². The predicted octanol–water partition coefficient (Wildman–Crippen LogP) is 3.32. The van der Waals surface area contributed by atoms with Gasteiger partial charge < -0.3 is 5.32 Å². The van der Waals surface area contributed by atoms with Crippen LogP contribution in [-0.4, -0.2) is 12.1 Å². The van der Waals surface area contributed by atoms with Crippen molar-refractivity contribution in [1.82, 2.24) is 5.32 Å². The summed E-state index contributed by atoms with van der Waals surface area (Å²) in [6.07, 6.45) is 5.54. The van der Waals surface area contributed by atoms with Gasteiger partial charge in [0.1, 0.15) is 0 Å². The molecular formula is C15H21N. The van der Waals surface area contributed by atoms with Gasteiger partial charge in [-0.3, -0.25) is 0 Å². The van der Waals surface area contributed by atoms with Gasteiger partial charge in [0.2, 0.25) is 0 Å². The molecule has 2 atom stereocenters. The maximum Gasteiger partial charge on any atom is 0.0153 e. The van der Waals surface area contributed by atoms with E-state index in [-0.39, 0.29) is 0 Å². The van der Waals surface area contributed by atoms with Gasteiger partial charge in [0.05, 0.1) is 0 Å². The largest absolute Gasteiger partial charge is 0.311 e. The molecule has 1 nitrogen and oxygen atoms in total. The predicted molar refractivity (Wildman–Crippen MR) is 67.5 cm³/mol. The van der Waals surface area contributed by atoms with Gasteiger partial charge in [-0.05, 0) is 56.6 Å². The highest BCUT2D eigenvalue weighted by Gasteiger charge is 2.40. The summed E-state index contributed by atoms with van der Waals surface area (Å²) >= 11 is 0. The summed E-state index contributed by atoms with van der Waals surface area (Å²) in [6, 6.07) is 11.0. The second-order valence-electron chi connectivity index (χ2n) is 5.81. The number of hydrogen-bond acceptors (Lipinski definition) is 1. The third kappa shape index (κ3) is 2.01. The molecule has 3 rings (SSSR count). The lowest BCUT2D eigenvalue weighted by molar-refractivity contribution is 0.206. The van der Waals surface area contributed by atoms with Gasteiger partial charge in [-0.1, -0.05) is 30.3 Å². The van der Waals surface area contributed by atoms with Gasteiger partial charge in [0, 0.05) is 5.54 Å². The van der Waals surface area contributed by atoms with Crippen LogP contribution < -0.4 is 5.32 Å². The zero-order chi connectivity index (χ0) is 11.0. The summed E-state index contributed by atoms with van der Waals surface area (Å²) in [5.74, 6) is 1.72. The molecule has 0 aliphatic heterocycles. The van der Waals surface area contributed by atoms with Crippen LogP contribution in [0.2, 0.25) is 0 Å². The highest BCUT2D eigenvalue weighted by Crippen LogP contribution is 2.47. The number of benzene rings is 1. The topological polar surface area (TPSA) is 12.0 Å². The molecule has 2 aliphatic rings. The Kier molecular flexibility index (Phi) is 2.51. The second-order valence-corrected chi connectivity index (χ2v) is 5.81. The molecule has 0 aromatic heterocycles. The van der Waals surface area contributed by atoms with E-state index < -0.39 is 0 Å². The molecule has 0 radical (unpaired) electrons. The summed E-state index contributed by atoms with van der Waals surface area (Å²) < 4.78 is 0. The number of nitrogens with one attached hydrogen (secondary N) is 1. The minimum Gasteiger partial charge on any atom is -0.311 e. The van der Waals surface area contributed by atoms with Crippen molar-refractivity contribution in [3.05, 3.63) is 35.9 Å². The van der Waals surface area contributed by atoms with E-state index in [1.807, 2.05) is 0 Å². The van der Waals surface area contributed by atoms with Crippen molar-refractivity contribution in [2.24, 2.45) is 5.92 Å². The van der Waals surface area contributed by atoms with Crippen LogP contribution in [0.1, 0.15) is 44.1 Å². The van der Waals surface area contributed by atoms with Crippen molar-refractivity contribution in [3.63, 3.8) is 0 Å². The Labute approximate surface area is 98.3 Å². The zero-order valence-electron chi connectivity index (χ0n) is 10.1. The summed E-state index contributed by atoms with van der Waals surface area (Å²) in [5.41, 5.74) is 2.01. The maximum atomic E-state index is 3.76. The molecule has 1 heteroatoms. The Morgan fingerprint density at radius 1 is 1.25 bits per heavy atom. The molecule has 1 N–H and O–H groups in total. The summed E-state index contributed by atoms with van der Waals surface area (Å²) in [4.78, 5) is 0. The van der Waals surface area contributed by atoms with Gasteiger partial charge in [-0.25, -0.2) is 0 Å². The molecule has 0 heterocycles. The molecule has 86 valence electrons. The smallest absolute Gasteiger partial charge is 0.0153 e. The molecule has 1 aromatic rings. The quantitative estimate of drug-likeness (QED) is 0.812. The molecule has 2 aliphatic carbocycles. The first-order valence-electron chi connectivity index (χ1n) is 6.57. The van der Waals surface area contributed by atoms with Crippen LogP contribution in [0.3, 0.4) is 0 Å². The van der Waals surface area contributed by atoms with Crippen molar-refractivity contribution >= 4 is 0 Å². The van der Waals surface area contributed by atoms with Crippen LogP contribution in [-0.2, 0) is 0 Å². The molecule has 2 unspecified atom stereocenters. The van der Waals surface area contributed by atoms with Gasteiger partial charge >= 0.3 is 0 Å². The van der Waals surface area contributed by atoms with E-state index in [2.05, 4.69) is 42.6 Å². The average Bonchev–Trinajstić information content (AvgIpc) is 3.04. The molecule has 16 heavy (non-hydrogen) atoms. The lowest BCUT2D eigenvalue weighted by atomic mass is 9.78. The molecule has 0 saturated heterocycles. The van der Waals surface area contributed by atoms with Crippen LogP contribution in [0.25, 0.3) is 0 Å². The first kappa shape index (κ1) is 10.3. The van der Waals surface area contributed by atoms with E-state index in [4.69, 9.17) is 0 Å². The highest BCUT2D eigenvalue weighted by atomic mass is 15.0. The van der Waals surface area contributed by atoms with Crippen molar-refractivity contribution in [2.45, 2.75) is 44.1 Å². The Hall–Kier alpha value is -0.820. The van der Waals surface area contributed by atoms with E-state index in [0.29, 0.717) is 5.54 Å².